The SMILES string of the molecule is Cc1ccc([C@@H](C)CCN2CCC(N3CCN(CCO)CC3)CC2)o1. The molecule has 1 aromatic rings. The van der Waals surface area contributed by atoms with Gasteiger partial charge in [0.1, 0.15) is 11.5 Å². The molecule has 25 heavy (non-hydrogen) atoms. The summed E-state index contributed by atoms with van der Waals surface area (Å²) in [5, 5.41) is 9.06. The van der Waals surface area contributed by atoms with Crippen molar-refractivity contribution in [1.29, 1.82) is 0 Å². The molecule has 1 atom stereocenters. The molecule has 0 radical (unpaired) electrons. The van der Waals surface area contributed by atoms with E-state index in [1.807, 2.05) is 6.92 Å². The van der Waals surface area contributed by atoms with Gasteiger partial charge in [-0.25, -0.2) is 0 Å². The summed E-state index contributed by atoms with van der Waals surface area (Å²) < 4.78 is 5.76. The lowest BCUT2D eigenvalue weighted by Gasteiger charge is -2.42. The third-order valence-electron chi connectivity index (χ3n) is 6.02. The summed E-state index contributed by atoms with van der Waals surface area (Å²) >= 11 is 0. The standard InChI is InChI=1S/C20H35N3O2/c1-17(20-4-3-18(2)25-20)5-8-21-9-6-19(7-10-21)23-13-11-22(12-14-23)15-16-24/h3-4,17,19,24H,5-16H2,1-2H3/t17-/m0/s1. The van der Waals surface area contributed by atoms with Crippen molar-refractivity contribution in [2.75, 3.05) is 59.0 Å². The van der Waals surface area contributed by atoms with Gasteiger partial charge < -0.3 is 14.4 Å². The molecule has 2 saturated heterocycles. The fourth-order valence-electron chi connectivity index (χ4n) is 4.24. The average molecular weight is 350 g/mol. The van der Waals surface area contributed by atoms with E-state index >= 15 is 0 Å². The fraction of sp³-hybridized carbons (Fsp3) is 0.800. The molecule has 5 heteroatoms. The highest BCUT2D eigenvalue weighted by Gasteiger charge is 2.27. The highest BCUT2D eigenvalue weighted by Crippen LogP contribution is 2.23. The Balaban J connectivity index is 1.35. The second-order valence-corrected chi connectivity index (χ2v) is 7.81. The summed E-state index contributed by atoms with van der Waals surface area (Å²) in [6.45, 7) is 13.6. The zero-order chi connectivity index (χ0) is 17.6. The molecule has 0 unspecified atom stereocenters. The fourth-order valence-corrected chi connectivity index (χ4v) is 4.24. The Labute approximate surface area is 152 Å². The van der Waals surface area contributed by atoms with Crippen molar-refractivity contribution in [1.82, 2.24) is 14.7 Å². The van der Waals surface area contributed by atoms with Gasteiger partial charge in [-0.2, -0.15) is 0 Å². The van der Waals surface area contributed by atoms with Crippen LogP contribution in [0.3, 0.4) is 0 Å². The predicted octanol–water partition coefficient (Wildman–Crippen LogP) is 2.16. The van der Waals surface area contributed by atoms with Gasteiger partial charge in [-0.3, -0.25) is 9.80 Å². The molecule has 3 heterocycles. The van der Waals surface area contributed by atoms with Gasteiger partial charge in [-0.1, -0.05) is 6.92 Å². The van der Waals surface area contributed by atoms with Crippen molar-refractivity contribution in [3.8, 4) is 0 Å². The van der Waals surface area contributed by atoms with Gasteiger partial charge in [-0.05, 0) is 58.0 Å². The molecule has 142 valence electrons. The van der Waals surface area contributed by atoms with E-state index in [0.29, 0.717) is 5.92 Å². The molecule has 2 aliphatic rings. The number of aliphatic hydroxyl groups excluding tert-OH is 1. The number of rotatable bonds is 7. The number of aliphatic hydroxyl groups is 1. The van der Waals surface area contributed by atoms with E-state index in [1.165, 1.54) is 52.0 Å². The molecule has 3 rings (SSSR count). The molecular weight excluding hydrogens is 314 g/mol. The van der Waals surface area contributed by atoms with Crippen LogP contribution in [-0.2, 0) is 0 Å². The Hall–Kier alpha value is -0.880. The molecule has 2 fully saturated rings. The molecule has 2 aliphatic heterocycles. The third-order valence-corrected chi connectivity index (χ3v) is 6.02. The molecule has 1 aromatic heterocycles. The molecule has 1 N–H and O–H groups in total. The van der Waals surface area contributed by atoms with Gasteiger partial charge in [0, 0.05) is 44.7 Å². The second-order valence-electron chi connectivity index (χ2n) is 7.81. The summed E-state index contributed by atoms with van der Waals surface area (Å²) in [4.78, 5) is 7.69. The van der Waals surface area contributed by atoms with Crippen LogP contribution in [0.5, 0.6) is 0 Å². The molecule has 0 aliphatic carbocycles. The van der Waals surface area contributed by atoms with E-state index in [9.17, 15) is 0 Å². The minimum Gasteiger partial charge on any atom is -0.466 e. The van der Waals surface area contributed by atoms with Crippen LogP contribution in [0.1, 0.15) is 43.6 Å². The van der Waals surface area contributed by atoms with Crippen LogP contribution < -0.4 is 0 Å². The smallest absolute Gasteiger partial charge is 0.107 e. The van der Waals surface area contributed by atoms with Crippen molar-refractivity contribution >= 4 is 0 Å². The van der Waals surface area contributed by atoms with E-state index in [1.54, 1.807) is 0 Å². The maximum absolute atomic E-state index is 9.06. The maximum Gasteiger partial charge on any atom is 0.107 e. The van der Waals surface area contributed by atoms with Gasteiger partial charge in [0.2, 0.25) is 0 Å². The van der Waals surface area contributed by atoms with Crippen LogP contribution in [0.25, 0.3) is 0 Å². The van der Waals surface area contributed by atoms with Gasteiger partial charge in [-0.15, -0.1) is 0 Å². The van der Waals surface area contributed by atoms with E-state index < -0.39 is 0 Å². The van der Waals surface area contributed by atoms with Gasteiger partial charge in [0.25, 0.3) is 0 Å². The lowest BCUT2D eigenvalue weighted by molar-refractivity contribution is 0.0526. The van der Waals surface area contributed by atoms with Crippen LogP contribution in [0.2, 0.25) is 0 Å². The number of nitrogens with zero attached hydrogens (tertiary/aromatic N) is 3. The zero-order valence-electron chi connectivity index (χ0n) is 16.0. The first-order chi connectivity index (χ1) is 12.2. The Morgan fingerprint density at radius 3 is 2.32 bits per heavy atom. The number of hydrogen-bond acceptors (Lipinski definition) is 5. The number of aryl methyl sites for hydroxylation is 1. The van der Waals surface area contributed by atoms with Crippen molar-refractivity contribution in [2.24, 2.45) is 0 Å². The number of β-amino-alcohol motifs (C(OH)–C–C–N with tert-alkyl or cyclic N) is 1. The maximum atomic E-state index is 9.06. The van der Waals surface area contributed by atoms with Crippen molar-refractivity contribution in [3.63, 3.8) is 0 Å². The number of likely N-dealkylation sites (tertiary alicyclic amines) is 1. The zero-order valence-corrected chi connectivity index (χ0v) is 16.0. The van der Waals surface area contributed by atoms with Crippen molar-refractivity contribution < 1.29 is 9.52 Å². The van der Waals surface area contributed by atoms with E-state index in [0.717, 1.165) is 37.2 Å². The Morgan fingerprint density at radius 1 is 1.04 bits per heavy atom. The largest absolute Gasteiger partial charge is 0.466 e. The Bertz CT molecular complexity index is 503. The molecule has 0 aromatic carbocycles. The second kappa shape index (κ2) is 9.17. The first-order valence-electron chi connectivity index (χ1n) is 10.0. The van der Waals surface area contributed by atoms with Crippen LogP contribution in [0.4, 0.5) is 0 Å². The van der Waals surface area contributed by atoms with Crippen LogP contribution in [-0.4, -0.2) is 84.8 Å². The molecule has 0 bridgehead atoms. The van der Waals surface area contributed by atoms with Crippen molar-refractivity contribution in [2.45, 2.75) is 45.1 Å². The number of furan rings is 1. The first kappa shape index (κ1) is 18.9. The van der Waals surface area contributed by atoms with E-state index in [4.69, 9.17) is 9.52 Å². The van der Waals surface area contributed by atoms with Gasteiger partial charge >= 0.3 is 0 Å². The van der Waals surface area contributed by atoms with Gasteiger partial charge in [0.05, 0.1) is 6.61 Å². The average Bonchev–Trinajstić information content (AvgIpc) is 3.08. The quantitative estimate of drug-likeness (QED) is 0.817. The normalized spacial score (nSPS) is 23.2. The molecular formula is C20H35N3O2. The summed E-state index contributed by atoms with van der Waals surface area (Å²) in [6.07, 6.45) is 3.78. The van der Waals surface area contributed by atoms with Crippen LogP contribution >= 0.6 is 0 Å². The predicted molar refractivity (Wildman–Crippen MR) is 101 cm³/mol. The van der Waals surface area contributed by atoms with Crippen molar-refractivity contribution in [3.05, 3.63) is 23.7 Å². The lowest BCUT2D eigenvalue weighted by Crippen LogP contribution is -2.53. The third kappa shape index (κ3) is 5.30. The topological polar surface area (TPSA) is 43.1 Å². The molecule has 0 spiro atoms. The summed E-state index contributed by atoms with van der Waals surface area (Å²) in [5.41, 5.74) is 0. The van der Waals surface area contributed by atoms with Crippen LogP contribution in [0.15, 0.2) is 16.5 Å². The highest BCUT2D eigenvalue weighted by atomic mass is 16.3. The molecule has 0 amide bonds. The Morgan fingerprint density at radius 2 is 1.72 bits per heavy atom. The molecule has 0 saturated carbocycles. The summed E-state index contributed by atoms with van der Waals surface area (Å²) in [7, 11) is 0. The number of piperazine rings is 1. The summed E-state index contributed by atoms with van der Waals surface area (Å²) in [6, 6.07) is 4.96. The van der Waals surface area contributed by atoms with E-state index in [-0.39, 0.29) is 6.61 Å². The first-order valence-corrected chi connectivity index (χ1v) is 10.0. The lowest BCUT2D eigenvalue weighted by atomic mass is 10.00. The number of hydrogen-bond donors (Lipinski definition) is 1. The minimum absolute atomic E-state index is 0.286. The monoisotopic (exact) mass is 349 g/mol. The number of piperidine rings is 1. The highest BCUT2D eigenvalue weighted by molar-refractivity contribution is 5.09. The van der Waals surface area contributed by atoms with E-state index in [2.05, 4.69) is 33.8 Å². The minimum atomic E-state index is 0.286. The van der Waals surface area contributed by atoms with Gasteiger partial charge in [0.15, 0.2) is 0 Å². The van der Waals surface area contributed by atoms with Crippen LogP contribution in [0, 0.1) is 6.92 Å². The summed E-state index contributed by atoms with van der Waals surface area (Å²) in [5.74, 6) is 2.65. The molecule has 5 nitrogen and oxygen atoms in total. The Kier molecular flexibility index (Phi) is 6.93.